The molecule has 0 fully saturated rings. The molecule has 0 aliphatic heterocycles. The minimum Gasteiger partial charge on any atom is -0.492 e. The summed E-state index contributed by atoms with van der Waals surface area (Å²) in [7, 11) is 1.72. The molecule has 0 aliphatic rings. The van der Waals surface area contributed by atoms with Gasteiger partial charge >= 0.3 is 0 Å². The summed E-state index contributed by atoms with van der Waals surface area (Å²) in [5.74, 6) is 0.506. The van der Waals surface area contributed by atoms with Crippen molar-refractivity contribution in [1.29, 1.82) is 0 Å². The Kier molecular flexibility index (Phi) is 7.29. The number of hydrogen-bond donors (Lipinski definition) is 1. The van der Waals surface area contributed by atoms with E-state index in [4.69, 9.17) is 16.3 Å². The molecule has 2 amide bonds. The fourth-order valence-corrected chi connectivity index (χ4v) is 2.24. The molecule has 2 rings (SSSR count). The van der Waals surface area contributed by atoms with Crippen LogP contribution >= 0.6 is 11.6 Å². The summed E-state index contributed by atoms with van der Waals surface area (Å²) in [6, 6.07) is 16.0. The molecule has 5 nitrogen and oxygen atoms in total. The molecule has 0 spiro atoms. The van der Waals surface area contributed by atoms with Gasteiger partial charge in [-0.2, -0.15) is 0 Å². The lowest BCUT2D eigenvalue weighted by molar-refractivity contribution is -0.130. The molecular weight excluding hydrogens is 340 g/mol. The highest BCUT2D eigenvalue weighted by Gasteiger charge is 2.10. The Balaban J connectivity index is 1.65. The number of likely N-dealkylation sites (N-methyl/N-ethyl adjacent to an activating group) is 1. The first kappa shape index (κ1) is 18.8. The van der Waals surface area contributed by atoms with E-state index in [-0.39, 0.29) is 24.8 Å². The third-order valence-corrected chi connectivity index (χ3v) is 3.85. The summed E-state index contributed by atoms with van der Waals surface area (Å²) >= 11 is 5.79. The maximum Gasteiger partial charge on any atom is 0.251 e. The first-order valence-corrected chi connectivity index (χ1v) is 8.39. The van der Waals surface area contributed by atoms with Gasteiger partial charge in [-0.15, -0.1) is 0 Å². The van der Waals surface area contributed by atoms with Gasteiger partial charge in [-0.25, -0.2) is 0 Å². The molecule has 0 saturated carbocycles. The van der Waals surface area contributed by atoms with Gasteiger partial charge in [0.05, 0.1) is 6.54 Å². The summed E-state index contributed by atoms with van der Waals surface area (Å²) in [6.07, 6.45) is 0.237. The second-order valence-corrected chi connectivity index (χ2v) is 5.93. The molecule has 0 saturated heterocycles. The van der Waals surface area contributed by atoms with Crippen LogP contribution in [0.25, 0.3) is 0 Å². The Hall–Kier alpha value is -2.53. The van der Waals surface area contributed by atoms with Crippen LogP contribution in [0.3, 0.4) is 0 Å². The maximum atomic E-state index is 12.0. The fourth-order valence-electron chi connectivity index (χ4n) is 2.12. The number of benzene rings is 2. The predicted octanol–water partition coefficient (Wildman–Crippen LogP) is 3.00. The fraction of sp³-hybridized carbons (Fsp3) is 0.263. The molecule has 2 aromatic rings. The Morgan fingerprint density at radius 2 is 1.76 bits per heavy atom. The van der Waals surface area contributed by atoms with E-state index in [0.29, 0.717) is 23.7 Å². The summed E-state index contributed by atoms with van der Waals surface area (Å²) in [5, 5.41) is 3.30. The zero-order chi connectivity index (χ0) is 18.1. The summed E-state index contributed by atoms with van der Waals surface area (Å²) < 4.78 is 5.56. The molecule has 0 radical (unpaired) electrons. The quantitative estimate of drug-likeness (QED) is 0.787. The van der Waals surface area contributed by atoms with Crippen LogP contribution in [-0.4, -0.2) is 43.5 Å². The smallest absolute Gasteiger partial charge is 0.251 e. The van der Waals surface area contributed by atoms with E-state index in [2.05, 4.69) is 5.32 Å². The molecule has 132 valence electrons. The Morgan fingerprint density at radius 1 is 1.08 bits per heavy atom. The molecule has 6 heteroatoms. The van der Waals surface area contributed by atoms with Crippen LogP contribution in [0.1, 0.15) is 16.8 Å². The number of hydrogen-bond acceptors (Lipinski definition) is 3. The highest BCUT2D eigenvalue weighted by atomic mass is 35.5. The van der Waals surface area contributed by atoms with Crippen molar-refractivity contribution >= 4 is 23.4 Å². The Labute approximate surface area is 152 Å². The minimum atomic E-state index is -0.223. The number of para-hydroxylation sites is 1. The lowest BCUT2D eigenvalue weighted by atomic mass is 10.2. The zero-order valence-electron chi connectivity index (χ0n) is 14.1. The lowest BCUT2D eigenvalue weighted by Crippen LogP contribution is -2.34. The van der Waals surface area contributed by atoms with E-state index in [1.165, 1.54) is 0 Å². The van der Waals surface area contributed by atoms with Crippen LogP contribution in [0, 0.1) is 0 Å². The number of amides is 2. The van der Waals surface area contributed by atoms with Crippen molar-refractivity contribution in [3.8, 4) is 5.75 Å². The Morgan fingerprint density at radius 3 is 2.44 bits per heavy atom. The van der Waals surface area contributed by atoms with E-state index in [9.17, 15) is 9.59 Å². The first-order valence-electron chi connectivity index (χ1n) is 8.02. The van der Waals surface area contributed by atoms with E-state index >= 15 is 0 Å². The van der Waals surface area contributed by atoms with Crippen molar-refractivity contribution in [2.75, 3.05) is 26.7 Å². The summed E-state index contributed by atoms with van der Waals surface area (Å²) in [5.41, 5.74) is 0.515. The predicted molar refractivity (Wildman–Crippen MR) is 98.0 cm³/mol. The molecule has 0 unspecified atom stereocenters. The topological polar surface area (TPSA) is 58.6 Å². The van der Waals surface area contributed by atoms with E-state index in [1.807, 2.05) is 30.3 Å². The second kappa shape index (κ2) is 9.69. The maximum absolute atomic E-state index is 12.0. The normalized spacial score (nSPS) is 10.2. The number of nitrogens with zero attached hydrogens (tertiary/aromatic N) is 1. The number of halogens is 1. The molecule has 0 aliphatic carbocycles. The van der Waals surface area contributed by atoms with E-state index < -0.39 is 0 Å². The van der Waals surface area contributed by atoms with Crippen LogP contribution in [0.4, 0.5) is 0 Å². The van der Waals surface area contributed by atoms with E-state index in [0.717, 1.165) is 5.75 Å². The van der Waals surface area contributed by atoms with Gasteiger partial charge < -0.3 is 15.0 Å². The van der Waals surface area contributed by atoms with Gasteiger partial charge in [-0.3, -0.25) is 9.59 Å². The number of rotatable bonds is 8. The monoisotopic (exact) mass is 360 g/mol. The molecule has 2 aromatic carbocycles. The average Bonchev–Trinajstić information content (AvgIpc) is 2.63. The molecule has 0 heterocycles. The molecular formula is C19H21ClN2O3. The number of ether oxygens (including phenoxy) is 1. The Bertz CT molecular complexity index is 690. The van der Waals surface area contributed by atoms with Crippen molar-refractivity contribution in [2.45, 2.75) is 6.42 Å². The largest absolute Gasteiger partial charge is 0.492 e. The van der Waals surface area contributed by atoms with Crippen molar-refractivity contribution in [3.63, 3.8) is 0 Å². The van der Waals surface area contributed by atoms with Gasteiger partial charge in [0.1, 0.15) is 12.4 Å². The van der Waals surface area contributed by atoms with Crippen LogP contribution in [0.15, 0.2) is 54.6 Å². The molecule has 1 N–H and O–H groups in total. The van der Waals surface area contributed by atoms with Crippen molar-refractivity contribution in [3.05, 3.63) is 65.2 Å². The van der Waals surface area contributed by atoms with Crippen LogP contribution in [-0.2, 0) is 4.79 Å². The van der Waals surface area contributed by atoms with Crippen LogP contribution in [0.5, 0.6) is 5.75 Å². The van der Waals surface area contributed by atoms with E-state index in [1.54, 1.807) is 36.2 Å². The first-order chi connectivity index (χ1) is 12.1. The molecule has 0 aromatic heterocycles. The molecule has 25 heavy (non-hydrogen) atoms. The standard InChI is InChI=1S/C19H21ClN2O3/c1-22(13-14-25-17-5-3-2-4-6-17)18(23)11-12-21-19(24)15-7-9-16(20)10-8-15/h2-10H,11-14H2,1H3,(H,21,24). The van der Waals surface area contributed by atoms with Crippen molar-refractivity contribution in [2.24, 2.45) is 0 Å². The summed E-state index contributed by atoms with van der Waals surface area (Å²) in [4.78, 5) is 25.6. The third kappa shape index (κ3) is 6.47. The van der Waals surface area contributed by atoms with Crippen LogP contribution < -0.4 is 10.1 Å². The third-order valence-electron chi connectivity index (χ3n) is 3.60. The number of carbonyl (C=O) groups is 2. The lowest BCUT2D eigenvalue weighted by Gasteiger charge is -2.17. The highest BCUT2D eigenvalue weighted by molar-refractivity contribution is 6.30. The van der Waals surface area contributed by atoms with Gasteiger partial charge in [-0.05, 0) is 36.4 Å². The van der Waals surface area contributed by atoms with Crippen LogP contribution in [0.2, 0.25) is 5.02 Å². The minimum absolute atomic E-state index is 0.0481. The molecule has 0 atom stereocenters. The van der Waals surface area contributed by atoms with Gasteiger partial charge in [0.25, 0.3) is 5.91 Å². The summed E-state index contributed by atoms with van der Waals surface area (Å²) in [6.45, 7) is 1.19. The van der Waals surface area contributed by atoms with Gasteiger partial charge in [0, 0.05) is 30.6 Å². The zero-order valence-corrected chi connectivity index (χ0v) is 14.8. The van der Waals surface area contributed by atoms with Gasteiger partial charge in [-0.1, -0.05) is 29.8 Å². The SMILES string of the molecule is CN(CCOc1ccccc1)C(=O)CCNC(=O)c1ccc(Cl)cc1. The highest BCUT2D eigenvalue weighted by Crippen LogP contribution is 2.09. The molecule has 0 bridgehead atoms. The van der Waals surface area contributed by atoms with Gasteiger partial charge in [0.2, 0.25) is 5.91 Å². The van der Waals surface area contributed by atoms with Crippen molar-refractivity contribution in [1.82, 2.24) is 10.2 Å². The van der Waals surface area contributed by atoms with Crippen molar-refractivity contribution < 1.29 is 14.3 Å². The average molecular weight is 361 g/mol. The second-order valence-electron chi connectivity index (χ2n) is 5.49. The van der Waals surface area contributed by atoms with Gasteiger partial charge in [0.15, 0.2) is 0 Å². The number of nitrogens with one attached hydrogen (secondary N) is 1. The number of carbonyl (C=O) groups excluding carboxylic acids is 2.